The SMILES string of the molecule is CC(CNCc1cccs1)N1CCCC(C)(C)C1. The molecule has 0 aromatic carbocycles. The summed E-state index contributed by atoms with van der Waals surface area (Å²) in [6, 6.07) is 4.97. The van der Waals surface area contributed by atoms with Gasteiger partial charge in [-0.3, -0.25) is 4.90 Å². The van der Waals surface area contributed by atoms with Gasteiger partial charge in [0.1, 0.15) is 0 Å². The van der Waals surface area contributed by atoms with Crippen LogP contribution >= 0.6 is 11.3 Å². The number of rotatable bonds is 5. The second-order valence-corrected chi connectivity index (χ2v) is 7.33. The molecular weight excluding hydrogens is 240 g/mol. The standard InChI is InChI=1S/C15H26N2S/c1-13(10-16-11-14-6-4-9-18-14)17-8-5-7-15(2,3)12-17/h4,6,9,13,16H,5,7-8,10-12H2,1-3H3. The molecule has 2 nitrogen and oxygen atoms in total. The zero-order valence-corrected chi connectivity index (χ0v) is 12.7. The topological polar surface area (TPSA) is 15.3 Å². The highest BCUT2D eigenvalue weighted by atomic mass is 32.1. The van der Waals surface area contributed by atoms with Gasteiger partial charge in [0.15, 0.2) is 0 Å². The molecule has 1 fully saturated rings. The second kappa shape index (κ2) is 6.18. The largest absolute Gasteiger partial charge is 0.310 e. The van der Waals surface area contributed by atoms with Gasteiger partial charge in [-0.15, -0.1) is 11.3 Å². The van der Waals surface area contributed by atoms with Gasteiger partial charge in [-0.1, -0.05) is 19.9 Å². The third-order valence-electron chi connectivity index (χ3n) is 3.87. The van der Waals surface area contributed by atoms with Gasteiger partial charge >= 0.3 is 0 Å². The maximum absolute atomic E-state index is 3.58. The lowest BCUT2D eigenvalue weighted by Gasteiger charge is -2.41. The second-order valence-electron chi connectivity index (χ2n) is 6.30. The minimum atomic E-state index is 0.500. The van der Waals surface area contributed by atoms with Crippen LogP contribution in [0.2, 0.25) is 0 Å². The van der Waals surface area contributed by atoms with Gasteiger partial charge in [0.2, 0.25) is 0 Å². The third kappa shape index (κ3) is 4.08. The quantitative estimate of drug-likeness (QED) is 0.879. The molecule has 0 saturated carbocycles. The summed E-state index contributed by atoms with van der Waals surface area (Å²) < 4.78 is 0. The lowest BCUT2D eigenvalue weighted by atomic mass is 9.83. The summed E-state index contributed by atoms with van der Waals surface area (Å²) in [6.45, 7) is 11.8. The Bertz CT molecular complexity index is 345. The fourth-order valence-electron chi connectivity index (χ4n) is 2.79. The van der Waals surface area contributed by atoms with Crippen molar-refractivity contribution in [3.63, 3.8) is 0 Å². The third-order valence-corrected chi connectivity index (χ3v) is 4.75. The molecule has 1 N–H and O–H groups in total. The van der Waals surface area contributed by atoms with Crippen LogP contribution in [0, 0.1) is 5.41 Å². The van der Waals surface area contributed by atoms with E-state index in [1.54, 1.807) is 0 Å². The Balaban J connectivity index is 1.72. The molecule has 0 aliphatic carbocycles. The van der Waals surface area contributed by atoms with E-state index in [1.807, 2.05) is 11.3 Å². The maximum Gasteiger partial charge on any atom is 0.0300 e. The van der Waals surface area contributed by atoms with Crippen molar-refractivity contribution < 1.29 is 0 Å². The summed E-state index contributed by atoms with van der Waals surface area (Å²) in [4.78, 5) is 4.08. The average Bonchev–Trinajstić information content (AvgIpc) is 2.80. The zero-order chi connectivity index (χ0) is 13.0. The Morgan fingerprint density at radius 1 is 1.50 bits per heavy atom. The number of nitrogens with one attached hydrogen (secondary N) is 1. The molecule has 1 saturated heterocycles. The summed E-state index contributed by atoms with van der Waals surface area (Å²) in [5, 5.41) is 5.73. The summed E-state index contributed by atoms with van der Waals surface area (Å²) in [6.07, 6.45) is 2.72. The predicted octanol–water partition coefficient (Wildman–Crippen LogP) is 3.35. The molecule has 2 rings (SSSR count). The van der Waals surface area contributed by atoms with Gasteiger partial charge < -0.3 is 5.32 Å². The molecule has 1 atom stereocenters. The van der Waals surface area contributed by atoms with Crippen LogP contribution in [0.15, 0.2) is 17.5 Å². The van der Waals surface area contributed by atoms with Crippen LogP contribution in [0.4, 0.5) is 0 Å². The van der Waals surface area contributed by atoms with Gasteiger partial charge in [0, 0.05) is 30.6 Å². The van der Waals surface area contributed by atoms with Gasteiger partial charge in [-0.05, 0) is 43.2 Å². The summed E-state index contributed by atoms with van der Waals surface area (Å²) in [5.74, 6) is 0. The number of piperidine rings is 1. The molecule has 0 radical (unpaired) electrons. The lowest BCUT2D eigenvalue weighted by Crippen LogP contribution is -2.48. The Morgan fingerprint density at radius 3 is 3.00 bits per heavy atom. The first kappa shape index (κ1) is 14.0. The van der Waals surface area contributed by atoms with E-state index in [4.69, 9.17) is 0 Å². The number of hydrogen-bond donors (Lipinski definition) is 1. The smallest absolute Gasteiger partial charge is 0.0300 e. The van der Waals surface area contributed by atoms with E-state index in [9.17, 15) is 0 Å². The highest BCUT2D eigenvalue weighted by Gasteiger charge is 2.28. The normalized spacial score (nSPS) is 21.9. The number of likely N-dealkylation sites (tertiary alicyclic amines) is 1. The lowest BCUT2D eigenvalue weighted by molar-refractivity contribution is 0.0842. The number of hydrogen-bond acceptors (Lipinski definition) is 3. The fraction of sp³-hybridized carbons (Fsp3) is 0.733. The van der Waals surface area contributed by atoms with E-state index < -0.39 is 0 Å². The van der Waals surface area contributed by atoms with Crippen LogP contribution in [0.1, 0.15) is 38.5 Å². The number of thiophene rings is 1. The molecule has 0 bridgehead atoms. The Hall–Kier alpha value is -0.380. The number of nitrogens with zero attached hydrogens (tertiary/aromatic N) is 1. The summed E-state index contributed by atoms with van der Waals surface area (Å²) >= 11 is 1.83. The van der Waals surface area contributed by atoms with Gasteiger partial charge in [-0.25, -0.2) is 0 Å². The monoisotopic (exact) mass is 266 g/mol. The maximum atomic E-state index is 3.58. The summed E-state index contributed by atoms with van der Waals surface area (Å²) in [5.41, 5.74) is 0.500. The molecule has 18 heavy (non-hydrogen) atoms. The van der Waals surface area contributed by atoms with Crippen LogP contribution in [-0.4, -0.2) is 30.6 Å². The van der Waals surface area contributed by atoms with E-state index in [-0.39, 0.29) is 0 Å². The van der Waals surface area contributed by atoms with Gasteiger partial charge in [-0.2, -0.15) is 0 Å². The van der Waals surface area contributed by atoms with Crippen molar-refractivity contribution in [2.45, 2.75) is 46.2 Å². The molecular formula is C15H26N2S. The van der Waals surface area contributed by atoms with Crippen LogP contribution in [-0.2, 0) is 6.54 Å². The van der Waals surface area contributed by atoms with Crippen molar-refractivity contribution in [1.82, 2.24) is 10.2 Å². The van der Waals surface area contributed by atoms with Crippen molar-refractivity contribution in [3.05, 3.63) is 22.4 Å². The van der Waals surface area contributed by atoms with E-state index >= 15 is 0 Å². The minimum absolute atomic E-state index is 0.500. The molecule has 2 heterocycles. The first-order valence-corrected chi connectivity index (χ1v) is 7.92. The van der Waals surface area contributed by atoms with Crippen molar-refractivity contribution in [1.29, 1.82) is 0 Å². The zero-order valence-electron chi connectivity index (χ0n) is 11.9. The molecule has 1 aliphatic heterocycles. The van der Waals surface area contributed by atoms with Crippen molar-refractivity contribution in [3.8, 4) is 0 Å². The molecule has 1 unspecified atom stereocenters. The Labute approximate surface area is 115 Å². The van der Waals surface area contributed by atoms with Crippen molar-refractivity contribution >= 4 is 11.3 Å². The fourth-order valence-corrected chi connectivity index (χ4v) is 3.47. The van der Waals surface area contributed by atoms with E-state index in [2.05, 4.69) is 48.5 Å². The van der Waals surface area contributed by atoms with E-state index in [0.717, 1.165) is 13.1 Å². The molecule has 1 aliphatic rings. The van der Waals surface area contributed by atoms with Crippen molar-refractivity contribution in [2.24, 2.45) is 5.41 Å². The van der Waals surface area contributed by atoms with Crippen LogP contribution in [0.25, 0.3) is 0 Å². The summed E-state index contributed by atoms with van der Waals surface area (Å²) in [7, 11) is 0. The van der Waals surface area contributed by atoms with Gasteiger partial charge in [0.25, 0.3) is 0 Å². The molecule has 3 heteroatoms. The Morgan fingerprint density at radius 2 is 2.33 bits per heavy atom. The Kier molecular flexibility index (Phi) is 4.82. The van der Waals surface area contributed by atoms with Crippen LogP contribution < -0.4 is 5.32 Å². The molecule has 1 aromatic rings. The molecule has 0 amide bonds. The van der Waals surface area contributed by atoms with E-state index in [1.165, 1.54) is 30.8 Å². The van der Waals surface area contributed by atoms with E-state index in [0.29, 0.717) is 11.5 Å². The van der Waals surface area contributed by atoms with Crippen molar-refractivity contribution in [2.75, 3.05) is 19.6 Å². The average molecular weight is 266 g/mol. The molecule has 102 valence electrons. The highest BCUT2D eigenvalue weighted by Crippen LogP contribution is 2.29. The van der Waals surface area contributed by atoms with Crippen LogP contribution in [0.3, 0.4) is 0 Å². The minimum Gasteiger partial charge on any atom is -0.310 e. The highest BCUT2D eigenvalue weighted by molar-refractivity contribution is 7.09. The predicted molar refractivity (Wildman–Crippen MR) is 80.1 cm³/mol. The first-order chi connectivity index (χ1) is 8.57. The van der Waals surface area contributed by atoms with Gasteiger partial charge in [0.05, 0.1) is 0 Å². The molecule has 1 aromatic heterocycles. The van der Waals surface area contributed by atoms with Crippen LogP contribution in [0.5, 0.6) is 0 Å². The molecule has 0 spiro atoms. The first-order valence-electron chi connectivity index (χ1n) is 7.04.